The fourth-order valence-corrected chi connectivity index (χ4v) is 2.70. The van der Waals surface area contributed by atoms with Crippen molar-refractivity contribution in [1.29, 1.82) is 0 Å². The average molecular weight is 361 g/mol. The van der Waals surface area contributed by atoms with E-state index in [1.807, 2.05) is 12.1 Å². The normalized spacial score (nSPS) is 16.8. The zero-order chi connectivity index (χ0) is 19.1. The Morgan fingerprint density at radius 1 is 1.27 bits per heavy atom. The van der Waals surface area contributed by atoms with Crippen LogP contribution in [-0.4, -0.2) is 42.4 Å². The molecule has 1 atom stereocenters. The van der Waals surface area contributed by atoms with E-state index in [-0.39, 0.29) is 24.8 Å². The molecule has 7 nitrogen and oxygen atoms in total. The molecule has 142 valence electrons. The molecule has 0 aromatic heterocycles. The molecule has 1 aromatic carbocycles. The molecule has 1 aliphatic heterocycles. The SMILES string of the molecule is COc1ccc(CN2C(=O)NC(CCC(=O)NCCC(C)C)C2=O)cc1. The summed E-state index contributed by atoms with van der Waals surface area (Å²) in [5.41, 5.74) is 0.835. The van der Waals surface area contributed by atoms with Gasteiger partial charge in [0, 0.05) is 13.0 Å². The Kier molecular flexibility index (Phi) is 7.00. The summed E-state index contributed by atoms with van der Waals surface area (Å²) < 4.78 is 5.10. The molecule has 2 N–H and O–H groups in total. The molecule has 1 fully saturated rings. The molecular weight excluding hydrogens is 334 g/mol. The number of imide groups is 1. The van der Waals surface area contributed by atoms with Gasteiger partial charge < -0.3 is 15.4 Å². The van der Waals surface area contributed by atoms with Crippen LogP contribution in [0.15, 0.2) is 24.3 Å². The number of rotatable bonds is 9. The molecule has 0 aliphatic carbocycles. The molecule has 1 aliphatic rings. The molecule has 1 saturated heterocycles. The number of nitrogens with zero attached hydrogens (tertiary/aromatic N) is 1. The lowest BCUT2D eigenvalue weighted by Crippen LogP contribution is -2.32. The van der Waals surface area contributed by atoms with Gasteiger partial charge in [0.25, 0.3) is 5.91 Å². The summed E-state index contributed by atoms with van der Waals surface area (Å²) in [6, 6.07) is 6.14. The van der Waals surface area contributed by atoms with Crippen LogP contribution in [0.4, 0.5) is 4.79 Å². The number of benzene rings is 1. The number of urea groups is 1. The van der Waals surface area contributed by atoms with Crippen LogP contribution in [0, 0.1) is 5.92 Å². The largest absolute Gasteiger partial charge is 0.497 e. The Labute approximate surface area is 154 Å². The lowest BCUT2D eigenvalue weighted by atomic mass is 10.1. The van der Waals surface area contributed by atoms with Crippen LogP contribution in [-0.2, 0) is 16.1 Å². The molecule has 1 heterocycles. The van der Waals surface area contributed by atoms with Gasteiger partial charge in [-0.1, -0.05) is 26.0 Å². The maximum Gasteiger partial charge on any atom is 0.325 e. The topological polar surface area (TPSA) is 87.7 Å². The second-order valence-corrected chi connectivity index (χ2v) is 6.85. The number of amides is 4. The van der Waals surface area contributed by atoms with E-state index in [9.17, 15) is 14.4 Å². The molecule has 1 aromatic rings. The van der Waals surface area contributed by atoms with E-state index in [4.69, 9.17) is 4.74 Å². The van der Waals surface area contributed by atoms with Gasteiger partial charge in [-0.25, -0.2) is 4.79 Å². The monoisotopic (exact) mass is 361 g/mol. The van der Waals surface area contributed by atoms with Crippen LogP contribution >= 0.6 is 0 Å². The number of hydrogen-bond donors (Lipinski definition) is 2. The Hall–Kier alpha value is -2.57. The van der Waals surface area contributed by atoms with Crippen molar-refractivity contribution >= 4 is 17.8 Å². The number of carbonyl (C=O) groups excluding carboxylic acids is 3. The van der Waals surface area contributed by atoms with Crippen LogP contribution < -0.4 is 15.4 Å². The van der Waals surface area contributed by atoms with E-state index < -0.39 is 12.1 Å². The molecule has 0 bridgehead atoms. The minimum absolute atomic E-state index is 0.0960. The molecule has 1 unspecified atom stereocenters. The molecule has 4 amide bonds. The number of nitrogens with one attached hydrogen (secondary N) is 2. The third kappa shape index (κ3) is 5.47. The van der Waals surface area contributed by atoms with Gasteiger partial charge in [0.1, 0.15) is 11.8 Å². The van der Waals surface area contributed by atoms with E-state index in [0.717, 1.165) is 12.0 Å². The highest BCUT2D eigenvalue weighted by Crippen LogP contribution is 2.17. The smallest absolute Gasteiger partial charge is 0.325 e. The van der Waals surface area contributed by atoms with Gasteiger partial charge in [0.05, 0.1) is 13.7 Å². The van der Waals surface area contributed by atoms with E-state index in [1.54, 1.807) is 19.2 Å². The van der Waals surface area contributed by atoms with Crippen molar-refractivity contribution < 1.29 is 19.1 Å². The fraction of sp³-hybridized carbons (Fsp3) is 0.526. The third-order valence-electron chi connectivity index (χ3n) is 4.31. The second kappa shape index (κ2) is 9.22. The zero-order valence-corrected chi connectivity index (χ0v) is 15.6. The number of ether oxygens (including phenoxy) is 1. The fourth-order valence-electron chi connectivity index (χ4n) is 2.70. The quantitative estimate of drug-likeness (QED) is 0.659. The second-order valence-electron chi connectivity index (χ2n) is 6.85. The molecular formula is C19H27N3O4. The van der Waals surface area contributed by atoms with Crippen LogP contribution in [0.1, 0.15) is 38.7 Å². The first-order valence-corrected chi connectivity index (χ1v) is 8.92. The lowest BCUT2D eigenvalue weighted by Gasteiger charge is -2.13. The maximum absolute atomic E-state index is 12.4. The summed E-state index contributed by atoms with van der Waals surface area (Å²) in [6.45, 7) is 5.02. The third-order valence-corrected chi connectivity index (χ3v) is 4.31. The van der Waals surface area contributed by atoms with E-state index >= 15 is 0 Å². The van der Waals surface area contributed by atoms with Gasteiger partial charge in [0.15, 0.2) is 0 Å². The molecule has 7 heteroatoms. The van der Waals surface area contributed by atoms with Crippen LogP contribution in [0.2, 0.25) is 0 Å². The highest BCUT2D eigenvalue weighted by molar-refractivity contribution is 6.04. The zero-order valence-electron chi connectivity index (χ0n) is 15.6. The summed E-state index contributed by atoms with van der Waals surface area (Å²) in [6.07, 6.45) is 1.43. The summed E-state index contributed by atoms with van der Waals surface area (Å²) >= 11 is 0. The molecule has 0 saturated carbocycles. The van der Waals surface area contributed by atoms with E-state index in [2.05, 4.69) is 24.5 Å². The van der Waals surface area contributed by atoms with Crippen molar-refractivity contribution in [3.8, 4) is 5.75 Å². The molecule has 0 spiro atoms. The standard InChI is InChI=1S/C19H27N3O4/c1-13(2)10-11-20-17(23)9-8-16-18(24)22(19(25)21-16)12-14-4-6-15(26-3)7-5-14/h4-7,13,16H,8-12H2,1-3H3,(H,20,23)(H,21,25). The van der Waals surface area contributed by atoms with Crippen LogP contribution in [0.3, 0.4) is 0 Å². The first-order chi connectivity index (χ1) is 12.4. The summed E-state index contributed by atoms with van der Waals surface area (Å²) in [5.74, 6) is 0.854. The van der Waals surface area contributed by atoms with Crippen molar-refractivity contribution in [3.05, 3.63) is 29.8 Å². The summed E-state index contributed by atoms with van der Waals surface area (Å²) in [5, 5.41) is 5.50. The predicted molar refractivity (Wildman–Crippen MR) is 97.6 cm³/mol. The first kappa shape index (κ1) is 19.8. The van der Waals surface area contributed by atoms with Crippen molar-refractivity contribution in [2.45, 2.75) is 45.7 Å². The van der Waals surface area contributed by atoms with Crippen molar-refractivity contribution in [2.75, 3.05) is 13.7 Å². The average Bonchev–Trinajstić information content (AvgIpc) is 2.88. The number of hydrogen-bond acceptors (Lipinski definition) is 4. The van der Waals surface area contributed by atoms with Gasteiger partial charge in [-0.15, -0.1) is 0 Å². The van der Waals surface area contributed by atoms with Gasteiger partial charge in [-0.2, -0.15) is 0 Å². The van der Waals surface area contributed by atoms with Gasteiger partial charge in [-0.05, 0) is 36.5 Å². The van der Waals surface area contributed by atoms with Crippen molar-refractivity contribution in [1.82, 2.24) is 15.5 Å². The highest BCUT2D eigenvalue weighted by Gasteiger charge is 2.37. The maximum atomic E-state index is 12.4. The molecule has 0 radical (unpaired) electrons. The Morgan fingerprint density at radius 3 is 2.58 bits per heavy atom. The lowest BCUT2D eigenvalue weighted by molar-refractivity contribution is -0.128. The van der Waals surface area contributed by atoms with Gasteiger partial charge in [-0.3, -0.25) is 14.5 Å². The number of carbonyl (C=O) groups is 3. The number of methoxy groups -OCH3 is 1. The Bertz CT molecular complexity index is 643. The predicted octanol–water partition coefficient (Wildman–Crippen LogP) is 2.06. The Balaban J connectivity index is 1.82. The van der Waals surface area contributed by atoms with Crippen molar-refractivity contribution in [3.63, 3.8) is 0 Å². The molecule has 26 heavy (non-hydrogen) atoms. The summed E-state index contributed by atoms with van der Waals surface area (Å²) in [7, 11) is 1.58. The Morgan fingerprint density at radius 2 is 1.96 bits per heavy atom. The first-order valence-electron chi connectivity index (χ1n) is 8.92. The van der Waals surface area contributed by atoms with E-state index in [1.165, 1.54) is 4.90 Å². The molecule has 2 rings (SSSR count). The van der Waals surface area contributed by atoms with Gasteiger partial charge >= 0.3 is 6.03 Å². The summed E-state index contributed by atoms with van der Waals surface area (Å²) in [4.78, 5) is 37.6. The minimum Gasteiger partial charge on any atom is -0.497 e. The van der Waals surface area contributed by atoms with Crippen LogP contribution in [0.5, 0.6) is 5.75 Å². The van der Waals surface area contributed by atoms with Crippen molar-refractivity contribution in [2.24, 2.45) is 5.92 Å². The minimum atomic E-state index is -0.642. The van der Waals surface area contributed by atoms with Gasteiger partial charge in [0.2, 0.25) is 5.91 Å². The van der Waals surface area contributed by atoms with E-state index in [0.29, 0.717) is 24.6 Å². The van der Waals surface area contributed by atoms with Crippen LogP contribution in [0.25, 0.3) is 0 Å². The highest BCUT2D eigenvalue weighted by atomic mass is 16.5.